The number of rotatable bonds is 4. The molecule has 0 saturated carbocycles. The van der Waals surface area contributed by atoms with E-state index in [1.807, 2.05) is 36.2 Å². The van der Waals surface area contributed by atoms with Gasteiger partial charge >= 0.3 is 6.03 Å². The second kappa shape index (κ2) is 5.51. The first kappa shape index (κ1) is 14.3. The maximum absolute atomic E-state index is 12.0. The summed E-state index contributed by atoms with van der Waals surface area (Å²) in [5.41, 5.74) is 1.06. The van der Waals surface area contributed by atoms with Crippen molar-refractivity contribution in [2.45, 2.75) is 25.4 Å². The van der Waals surface area contributed by atoms with E-state index < -0.39 is 0 Å². The van der Waals surface area contributed by atoms with Gasteiger partial charge in [0.05, 0.1) is 6.04 Å². The topological polar surface area (TPSA) is 44.4 Å². The molecule has 0 radical (unpaired) electrons. The van der Waals surface area contributed by atoms with Crippen molar-refractivity contribution >= 4 is 22.0 Å². The van der Waals surface area contributed by atoms with Gasteiger partial charge in [0, 0.05) is 23.1 Å². The van der Waals surface area contributed by atoms with E-state index in [2.05, 4.69) is 40.4 Å². The molecule has 0 bridgehead atoms. The van der Waals surface area contributed by atoms with Crippen molar-refractivity contribution in [2.24, 2.45) is 0 Å². The lowest BCUT2D eigenvalue weighted by Gasteiger charge is -2.29. The van der Waals surface area contributed by atoms with Crippen LogP contribution in [0.2, 0.25) is 0 Å². The average Bonchev–Trinajstić information content (AvgIpc) is 2.71. The van der Waals surface area contributed by atoms with Gasteiger partial charge in [0.2, 0.25) is 0 Å². The van der Waals surface area contributed by atoms with Crippen molar-refractivity contribution in [1.29, 1.82) is 0 Å². The van der Waals surface area contributed by atoms with Crippen molar-refractivity contribution in [2.75, 3.05) is 20.1 Å². The monoisotopic (exact) mass is 325 g/mol. The van der Waals surface area contributed by atoms with Crippen LogP contribution in [-0.2, 0) is 0 Å². The Bertz CT molecular complexity index is 458. The normalized spacial score (nSPS) is 19.7. The molecule has 1 aliphatic rings. The summed E-state index contributed by atoms with van der Waals surface area (Å²) in [6.45, 7) is 5.59. The minimum Gasteiger partial charge on any atom is -0.329 e. The second-order valence-corrected chi connectivity index (χ2v) is 6.48. The maximum atomic E-state index is 12.0. The molecule has 1 fully saturated rings. The van der Waals surface area contributed by atoms with E-state index in [0.29, 0.717) is 13.1 Å². The van der Waals surface area contributed by atoms with Crippen LogP contribution in [0.5, 0.6) is 0 Å². The second-order valence-electron chi connectivity index (χ2n) is 5.57. The van der Waals surface area contributed by atoms with Crippen LogP contribution in [0.3, 0.4) is 0 Å². The highest BCUT2D eigenvalue weighted by atomic mass is 79.9. The summed E-state index contributed by atoms with van der Waals surface area (Å²) in [6.07, 6.45) is 0. The summed E-state index contributed by atoms with van der Waals surface area (Å²) in [5.74, 6) is 0. The molecule has 0 spiro atoms. The largest absolute Gasteiger partial charge is 0.329 e. The van der Waals surface area contributed by atoms with Crippen LogP contribution in [0.4, 0.5) is 4.79 Å². The highest BCUT2D eigenvalue weighted by Gasteiger charge is 2.32. The molecule has 0 aromatic heterocycles. The fourth-order valence-electron chi connectivity index (χ4n) is 2.17. The van der Waals surface area contributed by atoms with Crippen molar-refractivity contribution < 1.29 is 4.79 Å². The van der Waals surface area contributed by atoms with Gasteiger partial charge in [-0.1, -0.05) is 28.1 Å². The minimum atomic E-state index is -0.0774. The maximum Gasteiger partial charge on any atom is 0.318 e. The van der Waals surface area contributed by atoms with E-state index in [4.69, 9.17) is 0 Å². The summed E-state index contributed by atoms with van der Waals surface area (Å²) in [6, 6.07) is 8.18. The van der Waals surface area contributed by atoms with Gasteiger partial charge in [0.25, 0.3) is 0 Å². The first-order chi connectivity index (χ1) is 8.91. The Labute approximate surface area is 122 Å². The van der Waals surface area contributed by atoms with Crippen LogP contribution in [0.15, 0.2) is 28.7 Å². The van der Waals surface area contributed by atoms with Gasteiger partial charge in [0.15, 0.2) is 0 Å². The third-order valence-corrected chi connectivity index (χ3v) is 4.05. The third kappa shape index (κ3) is 3.48. The van der Waals surface area contributed by atoms with Crippen LogP contribution in [-0.4, -0.2) is 36.6 Å². The van der Waals surface area contributed by atoms with Gasteiger partial charge in [-0.2, -0.15) is 0 Å². The first-order valence-corrected chi connectivity index (χ1v) is 7.20. The van der Waals surface area contributed by atoms with Crippen molar-refractivity contribution in [3.8, 4) is 0 Å². The zero-order valence-electron chi connectivity index (χ0n) is 11.5. The van der Waals surface area contributed by atoms with Gasteiger partial charge in [-0.05, 0) is 38.6 Å². The lowest BCUT2D eigenvalue weighted by molar-refractivity contribution is 0.201. The Kier molecular flexibility index (Phi) is 4.16. The Morgan fingerprint density at radius 2 is 2.05 bits per heavy atom. The summed E-state index contributed by atoms with van der Waals surface area (Å²) in [5, 5.41) is 6.25. The number of nitrogens with zero attached hydrogens (tertiary/aromatic N) is 1. The first-order valence-electron chi connectivity index (χ1n) is 6.41. The molecule has 104 valence electrons. The van der Waals surface area contributed by atoms with Crippen LogP contribution < -0.4 is 10.6 Å². The molecule has 1 aromatic carbocycles. The van der Waals surface area contributed by atoms with Crippen LogP contribution in [0.25, 0.3) is 0 Å². The molecule has 2 N–H and O–H groups in total. The number of likely N-dealkylation sites (N-methyl/N-ethyl adjacent to an activating group) is 1. The summed E-state index contributed by atoms with van der Waals surface area (Å²) < 4.78 is 1.05. The van der Waals surface area contributed by atoms with Crippen molar-refractivity contribution in [1.82, 2.24) is 15.5 Å². The standard InChI is InChI=1S/C14H20BrN3O/c1-14(2,16-3)9-18-8-12(17-13(18)19)10-4-6-11(15)7-5-10/h4-7,12,16H,8-9H2,1-3H3,(H,17,19). The Hall–Kier alpha value is -1.07. The molecule has 1 saturated heterocycles. The van der Waals surface area contributed by atoms with Gasteiger partial charge < -0.3 is 15.5 Å². The number of nitrogens with one attached hydrogen (secondary N) is 2. The highest BCUT2D eigenvalue weighted by molar-refractivity contribution is 9.10. The fraction of sp³-hybridized carbons (Fsp3) is 0.500. The minimum absolute atomic E-state index is 0.0104. The van der Waals surface area contributed by atoms with E-state index in [1.165, 1.54) is 0 Å². The molecule has 5 heteroatoms. The molecule has 0 aliphatic carbocycles. The zero-order valence-corrected chi connectivity index (χ0v) is 13.1. The van der Waals surface area contributed by atoms with E-state index in [-0.39, 0.29) is 17.6 Å². The molecule has 2 amide bonds. The molecule has 1 unspecified atom stereocenters. The van der Waals surface area contributed by atoms with Gasteiger partial charge in [-0.15, -0.1) is 0 Å². The molecule has 19 heavy (non-hydrogen) atoms. The Balaban J connectivity index is 2.05. The van der Waals surface area contributed by atoms with Crippen LogP contribution in [0.1, 0.15) is 25.5 Å². The fourth-order valence-corrected chi connectivity index (χ4v) is 2.43. The smallest absolute Gasteiger partial charge is 0.318 e. The van der Waals surface area contributed by atoms with Crippen molar-refractivity contribution in [3.05, 3.63) is 34.3 Å². The Morgan fingerprint density at radius 1 is 1.42 bits per heavy atom. The highest BCUT2D eigenvalue weighted by Crippen LogP contribution is 2.23. The summed E-state index contributed by atoms with van der Waals surface area (Å²) >= 11 is 3.42. The average molecular weight is 326 g/mol. The third-order valence-electron chi connectivity index (χ3n) is 3.52. The number of benzene rings is 1. The summed E-state index contributed by atoms with van der Waals surface area (Å²) in [4.78, 5) is 13.9. The molecular formula is C14H20BrN3O. The lowest BCUT2D eigenvalue weighted by atomic mass is 10.0. The van der Waals surface area contributed by atoms with E-state index in [9.17, 15) is 4.79 Å². The number of carbonyl (C=O) groups is 1. The number of hydrogen-bond donors (Lipinski definition) is 2. The predicted molar refractivity (Wildman–Crippen MR) is 80.1 cm³/mol. The van der Waals surface area contributed by atoms with Crippen LogP contribution in [0, 0.1) is 0 Å². The van der Waals surface area contributed by atoms with Crippen molar-refractivity contribution in [3.63, 3.8) is 0 Å². The molecule has 1 heterocycles. The van der Waals surface area contributed by atoms with Crippen LogP contribution >= 0.6 is 15.9 Å². The predicted octanol–water partition coefficient (Wildman–Crippen LogP) is 2.51. The molecular weight excluding hydrogens is 306 g/mol. The quantitative estimate of drug-likeness (QED) is 0.893. The molecule has 4 nitrogen and oxygen atoms in total. The zero-order chi connectivity index (χ0) is 14.0. The molecule has 2 rings (SSSR count). The molecule has 1 aromatic rings. The number of carbonyl (C=O) groups excluding carboxylic acids is 1. The number of amides is 2. The van der Waals surface area contributed by atoms with Gasteiger partial charge in [-0.25, -0.2) is 4.79 Å². The lowest BCUT2D eigenvalue weighted by Crippen LogP contribution is -2.48. The molecule has 1 atom stereocenters. The van der Waals surface area contributed by atoms with Gasteiger partial charge in [-0.3, -0.25) is 0 Å². The van der Waals surface area contributed by atoms with Gasteiger partial charge in [0.1, 0.15) is 0 Å². The number of halogens is 1. The van der Waals surface area contributed by atoms with E-state index in [0.717, 1.165) is 10.0 Å². The van der Waals surface area contributed by atoms with E-state index in [1.54, 1.807) is 0 Å². The number of urea groups is 1. The SMILES string of the molecule is CNC(C)(C)CN1CC(c2ccc(Br)cc2)NC1=O. The molecule has 1 aliphatic heterocycles. The Morgan fingerprint density at radius 3 is 2.63 bits per heavy atom. The van der Waals surface area contributed by atoms with E-state index >= 15 is 0 Å². The summed E-state index contributed by atoms with van der Waals surface area (Å²) in [7, 11) is 1.92. The number of hydrogen-bond acceptors (Lipinski definition) is 2.